The fourth-order valence-corrected chi connectivity index (χ4v) is 3.25. The first-order valence-corrected chi connectivity index (χ1v) is 8.81. The Hall–Kier alpha value is -3.08. The maximum absolute atomic E-state index is 13.5. The van der Waals surface area contributed by atoms with Crippen LogP contribution in [0.2, 0.25) is 0 Å². The second-order valence-electron chi connectivity index (χ2n) is 6.62. The fraction of sp³-hybridized carbons (Fsp3) is 0.389. The van der Waals surface area contributed by atoms with E-state index in [-0.39, 0.29) is 17.7 Å². The molecule has 1 saturated heterocycles. The summed E-state index contributed by atoms with van der Waals surface area (Å²) >= 11 is 0. The zero-order valence-corrected chi connectivity index (χ0v) is 15.6. The Bertz CT molecular complexity index is 995. The first-order chi connectivity index (χ1) is 13.8. The molecule has 0 saturated carbocycles. The number of ether oxygens (including phenoxy) is 1. The highest BCUT2D eigenvalue weighted by atomic mass is 19.4. The molecule has 11 heteroatoms. The molecule has 29 heavy (non-hydrogen) atoms. The van der Waals surface area contributed by atoms with Crippen LogP contribution in [0.4, 0.5) is 19.0 Å². The normalized spacial score (nSPS) is 19.7. The van der Waals surface area contributed by atoms with E-state index in [1.54, 1.807) is 31.1 Å². The lowest BCUT2D eigenvalue weighted by Crippen LogP contribution is -2.27. The van der Waals surface area contributed by atoms with E-state index in [0.29, 0.717) is 30.2 Å². The van der Waals surface area contributed by atoms with Crippen LogP contribution in [0.1, 0.15) is 29.9 Å². The molecular formula is C18H17F3N6O2. The molecule has 1 fully saturated rings. The molecular weight excluding hydrogens is 389 g/mol. The van der Waals surface area contributed by atoms with Crippen molar-refractivity contribution < 1.29 is 22.4 Å². The van der Waals surface area contributed by atoms with Gasteiger partial charge in [-0.05, 0) is 19.1 Å². The number of methoxy groups -OCH3 is 1. The van der Waals surface area contributed by atoms with Crippen molar-refractivity contribution in [1.82, 2.24) is 25.1 Å². The van der Waals surface area contributed by atoms with E-state index in [0.717, 1.165) is 6.07 Å². The molecule has 0 radical (unpaired) electrons. The third-order valence-corrected chi connectivity index (χ3v) is 4.64. The van der Waals surface area contributed by atoms with E-state index in [4.69, 9.17) is 9.26 Å². The number of pyridine rings is 1. The summed E-state index contributed by atoms with van der Waals surface area (Å²) in [4.78, 5) is 17.9. The van der Waals surface area contributed by atoms with Gasteiger partial charge in [-0.3, -0.25) is 4.98 Å². The van der Waals surface area contributed by atoms with Crippen LogP contribution in [0.15, 0.2) is 35.1 Å². The number of hydrogen-bond acceptors (Lipinski definition) is 8. The van der Waals surface area contributed by atoms with Gasteiger partial charge in [-0.25, -0.2) is 9.97 Å². The van der Waals surface area contributed by atoms with Crippen molar-refractivity contribution in [3.05, 3.63) is 48.0 Å². The standard InChI is InChI=1S/C18H17F3N6O2/c1-10-23-17(29-26-10)13-6-12(28-2)9-27(13)15-7-14(18(19,20)21)24-16(25-15)11-4-3-5-22-8-11/h3-5,7-8,12-13H,6,9H2,1-2H3. The molecule has 0 bridgehead atoms. The van der Waals surface area contributed by atoms with Gasteiger partial charge in [-0.15, -0.1) is 0 Å². The first kappa shape index (κ1) is 19.2. The van der Waals surface area contributed by atoms with Gasteiger partial charge < -0.3 is 14.2 Å². The fourth-order valence-electron chi connectivity index (χ4n) is 3.25. The molecule has 0 spiro atoms. The van der Waals surface area contributed by atoms with Crippen LogP contribution in [0.5, 0.6) is 0 Å². The first-order valence-electron chi connectivity index (χ1n) is 8.81. The average molecular weight is 406 g/mol. The zero-order chi connectivity index (χ0) is 20.6. The van der Waals surface area contributed by atoms with Gasteiger partial charge in [0.15, 0.2) is 17.3 Å². The summed E-state index contributed by atoms with van der Waals surface area (Å²) in [6.07, 6.45) is -1.44. The second kappa shape index (κ2) is 7.39. The highest BCUT2D eigenvalue weighted by Crippen LogP contribution is 2.38. The van der Waals surface area contributed by atoms with Crippen LogP contribution in [-0.4, -0.2) is 44.9 Å². The number of nitrogens with zero attached hydrogens (tertiary/aromatic N) is 6. The highest BCUT2D eigenvalue weighted by molar-refractivity contribution is 5.57. The predicted octanol–water partition coefficient (Wildman–Crippen LogP) is 3.22. The third kappa shape index (κ3) is 3.90. The Balaban J connectivity index is 1.81. The van der Waals surface area contributed by atoms with Crippen molar-refractivity contribution in [3.63, 3.8) is 0 Å². The monoisotopic (exact) mass is 406 g/mol. The van der Waals surface area contributed by atoms with Crippen molar-refractivity contribution in [1.29, 1.82) is 0 Å². The molecule has 152 valence electrons. The smallest absolute Gasteiger partial charge is 0.380 e. The van der Waals surface area contributed by atoms with Crippen LogP contribution in [-0.2, 0) is 10.9 Å². The molecule has 2 atom stereocenters. The number of halogens is 3. The summed E-state index contributed by atoms with van der Waals surface area (Å²) in [7, 11) is 1.55. The maximum Gasteiger partial charge on any atom is 0.433 e. The van der Waals surface area contributed by atoms with E-state index in [9.17, 15) is 13.2 Å². The van der Waals surface area contributed by atoms with Crippen molar-refractivity contribution in [2.45, 2.75) is 31.7 Å². The maximum atomic E-state index is 13.5. The van der Waals surface area contributed by atoms with Gasteiger partial charge in [0.2, 0.25) is 5.89 Å². The summed E-state index contributed by atoms with van der Waals surface area (Å²) in [6, 6.07) is 3.68. The van der Waals surface area contributed by atoms with Gasteiger partial charge in [0, 0.05) is 44.1 Å². The minimum atomic E-state index is -4.63. The lowest BCUT2D eigenvalue weighted by atomic mass is 10.2. The molecule has 0 amide bonds. The quantitative estimate of drug-likeness (QED) is 0.653. The zero-order valence-electron chi connectivity index (χ0n) is 15.6. The summed E-state index contributed by atoms with van der Waals surface area (Å²) in [5, 5.41) is 3.79. The van der Waals surface area contributed by atoms with E-state index in [1.807, 2.05) is 0 Å². The number of anilines is 1. The van der Waals surface area contributed by atoms with Crippen LogP contribution in [0.25, 0.3) is 11.4 Å². The molecule has 8 nitrogen and oxygen atoms in total. The molecule has 1 aliphatic rings. The van der Waals surface area contributed by atoms with Crippen LogP contribution < -0.4 is 4.90 Å². The Morgan fingerprint density at radius 1 is 1.24 bits per heavy atom. The topological polar surface area (TPSA) is 90.1 Å². The van der Waals surface area contributed by atoms with Crippen LogP contribution in [0, 0.1) is 6.92 Å². The Labute approximate surface area is 163 Å². The molecule has 3 aromatic heterocycles. The number of rotatable bonds is 4. The van der Waals surface area contributed by atoms with Crippen LogP contribution >= 0.6 is 0 Å². The van der Waals surface area contributed by atoms with Gasteiger partial charge in [-0.2, -0.15) is 18.2 Å². The van der Waals surface area contributed by atoms with Gasteiger partial charge >= 0.3 is 6.18 Å². The molecule has 0 aliphatic carbocycles. The van der Waals surface area contributed by atoms with E-state index >= 15 is 0 Å². The van der Waals surface area contributed by atoms with Crippen molar-refractivity contribution in [2.75, 3.05) is 18.6 Å². The molecule has 2 unspecified atom stereocenters. The highest BCUT2D eigenvalue weighted by Gasteiger charge is 2.40. The molecule has 4 rings (SSSR count). The van der Waals surface area contributed by atoms with Gasteiger partial charge in [0.1, 0.15) is 11.9 Å². The average Bonchev–Trinajstić information content (AvgIpc) is 3.33. The summed E-state index contributed by atoms with van der Waals surface area (Å²) in [6.45, 7) is 2.00. The molecule has 1 aliphatic heterocycles. The lowest BCUT2D eigenvalue weighted by Gasteiger charge is -2.24. The van der Waals surface area contributed by atoms with Gasteiger partial charge in [-0.1, -0.05) is 5.16 Å². The van der Waals surface area contributed by atoms with Crippen molar-refractivity contribution >= 4 is 5.82 Å². The molecule has 4 heterocycles. The Kier molecular flexibility index (Phi) is 4.91. The summed E-state index contributed by atoms with van der Waals surface area (Å²) in [5.74, 6) is 0.781. The van der Waals surface area contributed by atoms with Crippen molar-refractivity contribution in [3.8, 4) is 11.4 Å². The summed E-state index contributed by atoms with van der Waals surface area (Å²) in [5.41, 5.74) is -0.657. The molecule has 0 N–H and O–H groups in total. The number of alkyl halides is 3. The minimum Gasteiger partial charge on any atom is -0.380 e. The van der Waals surface area contributed by atoms with E-state index in [1.165, 1.54) is 12.4 Å². The van der Waals surface area contributed by atoms with Gasteiger partial charge in [0.25, 0.3) is 0 Å². The summed E-state index contributed by atoms with van der Waals surface area (Å²) < 4.78 is 51.3. The van der Waals surface area contributed by atoms with Crippen LogP contribution in [0.3, 0.4) is 0 Å². The number of aryl methyl sites for hydroxylation is 1. The minimum absolute atomic E-state index is 0.0655. The third-order valence-electron chi connectivity index (χ3n) is 4.64. The Morgan fingerprint density at radius 2 is 2.07 bits per heavy atom. The van der Waals surface area contributed by atoms with Gasteiger partial charge in [0.05, 0.1) is 6.10 Å². The molecule has 0 aromatic carbocycles. The largest absolute Gasteiger partial charge is 0.433 e. The number of hydrogen-bond donors (Lipinski definition) is 0. The molecule has 3 aromatic rings. The van der Waals surface area contributed by atoms with E-state index < -0.39 is 17.9 Å². The second-order valence-corrected chi connectivity index (χ2v) is 6.62. The lowest BCUT2D eigenvalue weighted by molar-refractivity contribution is -0.141. The van der Waals surface area contributed by atoms with E-state index in [2.05, 4.69) is 25.1 Å². The predicted molar refractivity (Wildman–Crippen MR) is 94.8 cm³/mol. The van der Waals surface area contributed by atoms with Crippen molar-refractivity contribution in [2.24, 2.45) is 0 Å². The Morgan fingerprint density at radius 3 is 2.69 bits per heavy atom. The SMILES string of the molecule is COC1CC(c2nc(C)no2)N(c2cc(C(F)(F)F)nc(-c3cccnc3)n2)C1. The number of aromatic nitrogens is 5.